The van der Waals surface area contributed by atoms with Crippen molar-refractivity contribution >= 4 is 0 Å². The first-order valence-electron chi connectivity index (χ1n) is 5.59. The Hall–Kier alpha value is -0.890. The third-order valence-electron chi connectivity index (χ3n) is 2.57. The molecule has 1 rings (SSSR count). The zero-order chi connectivity index (χ0) is 11.3. The van der Waals surface area contributed by atoms with Crippen molar-refractivity contribution in [3.05, 3.63) is 35.6 Å². The van der Waals surface area contributed by atoms with Gasteiger partial charge in [0.15, 0.2) is 0 Å². The summed E-state index contributed by atoms with van der Waals surface area (Å²) in [7, 11) is 0. The first-order chi connectivity index (χ1) is 7.11. The van der Waals surface area contributed by atoms with Crippen LogP contribution in [0.4, 0.5) is 4.39 Å². The molecule has 0 aliphatic carbocycles. The summed E-state index contributed by atoms with van der Waals surface area (Å²) in [6, 6.07) is 7.53. The topological polar surface area (TPSA) is 12.0 Å². The van der Waals surface area contributed by atoms with Crippen molar-refractivity contribution in [3.63, 3.8) is 0 Å². The van der Waals surface area contributed by atoms with Crippen LogP contribution < -0.4 is 5.32 Å². The van der Waals surface area contributed by atoms with Crippen LogP contribution in [-0.2, 0) is 0 Å². The molecule has 1 nitrogen and oxygen atoms in total. The lowest BCUT2D eigenvalue weighted by Crippen LogP contribution is -2.24. The summed E-state index contributed by atoms with van der Waals surface area (Å²) in [5, 5.41) is 3.34. The molecule has 0 aliphatic rings. The van der Waals surface area contributed by atoms with Crippen molar-refractivity contribution in [2.24, 2.45) is 0 Å². The van der Waals surface area contributed by atoms with Crippen LogP contribution in [0.15, 0.2) is 24.3 Å². The summed E-state index contributed by atoms with van der Waals surface area (Å²) in [5.74, 6) is 0.187. The Balaban J connectivity index is 2.47. The van der Waals surface area contributed by atoms with E-state index in [1.54, 1.807) is 6.07 Å². The van der Waals surface area contributed by atoms with Gasteiger partial charge in [-0.05, 0) is 30.5 Å². The van der Waals surface area contributed by atoms with E-state index < -0.39 is 0 Å². The highest BCUT2D eigenvalue weighted by Crippen LogP contribution is 2.21. The number of benzene rings is 1. The smallest absolute Gasteiger partial charge is 0.126 e. The van der Waals surface area contributed by atoms with Crippen molar-refractivity contribution in [2.45, 2.75) is 39.2 Å². The zero-order valence-electron chi connectivity index (χ0n) is 9.76. The van der Waals surface area contributed by atoms with Crippen molar-refractivity contribution in [3.8, 4) is 0 Å². The minimum Gasteiger partial charge on any atom is -0.315 e. The number of rotatable bonds is 5. The van der Waals surface area contributed by atoms with Crippen LogP contribution in [0, 0.1) is 5.82 Å². The highest BCUT2D eigenvalue weighted by Gasteiger charge is 2.09. The molecule has 84 valence electrons. The quantitative estimate of drug-likeness (QED) is 0.784. The first kappa shape index (κ1) is 12.2. The van der Waals surface area contributed by atoms with Gasteiger partial charge in [-0.15, -0.1) is 0 Å². The maximum absolute atomic E-state index is 13.4. The lowest BCUT2D eigenvalue weighted by Gasteiger charge is -2.14. The highest BCUT2D eigenvalue weighted by molar-refractivity contribution is 5.20. The Morgan fingerprint density at radius 1 is 1.20 bits per heavy atom. The normalized spacial score (nSPS) is 13.1. The molecular formula is C13H20FN. The molecule has 1 unspecified atom stereocenters. The fourth-order valence-corrected chi connectivity index (χ4v) is 1.62. The van der Waals surface area contributed by atoms with Gasteiger partial charge in [0.1, 0.15) is 5.82 Å². The van der Waals surface area contributed by atoms with Gasteiger partial charge in [0, 0.05) is 6.04 Å². The lowest BCUT2D eigenvalue weighted by molar-refractivity contribution is 0.523. The molecular weight excluding hydrogens is 189 g/mol. The molecule has 2 heteroatoms. The van der Waals surface area contributed by atoms with Crippen LogP contribution in [0.25, 0.3) is 0 Å². The molecule has 1 atom stereocenters. The van der Waals surface area contributed by atoms with E-state index in [2.05, 4.69) is 26.1 Å². The average Bonchev–Trinajstić information content (AvgIpc) is 2.17. The van der Waals surface area contributed by atoms with Gasteiger partial charge in [-0.25, -0.2) is 4.39 Å². The molecule has 1 aromatic rings. The van der Waals surface area contributed by atoms with Crippen molar-refractivity contribution in [2.75, 3.05) is 6.54 Å². The Kier molecular flexibility index (Phi) is 4.76. The van der Waals surface area contributed by atoms with E-state index in [4.69, 9.17) is 0 Å². The maximum Gasteiger partial charge on any atom is 0.126 e. The summed E-state index contributed by atoms with van der Waals surface area (Å²) < 4.78 is 13.4. The Morgan fingerprint density at radius 3 is 2.47 bits per heavy atom. The largest absolute Gasteiger partial charge is 0.315 e. The molecule has 0 saturated heterocycles. The molecule has 0 spiro atoms. The summed E-state index contributed by atoms with van der Waals surface area (Å²) in [5.41, 5.74) is 0.822. The molecule has 0 saturated carbocycles. The van der Waals surface area contributed by atoms with E-state index in [0.29, 0.717) is 6.04 Å². The fourth-order valence-electron chi connectivity index (χ4n) is 1.62. The second kappa shape index (κ2) is 5.86. The molecule has 0 fully saturated rings. The molecule has 0 heterocycles. The number of nitrogens with one attached hydrogen (secondary N) is 1. The molecule has 0 amide bonds. The second-order valence-electron chi connectivity index (χ2n) is 4.32. The van der Waals surface area contributed by atoms with E-state index in [1.807, 2.05) is 12.1 Å². The van der Waals surface area contributed by atoms with E-state index in [1.165, 1.54) is 6.07 Å². The second-order valence-corrected chi connectivity index (χ2v) is 4.32. The molecule has 1 N–H and O–H groups in total. The van der Waals surface area contributed by atoms with Gasteiger partial charge in [0.25, 0.3) is 0 Å². The highest BCUT2D eigenvalue weighted by atomic mass is 19.1. The summed E-state index contributed by atoms with van der Waals surface area (Å²) >= 11 is 0. The third-order valence-corrected chi connectivity index (χ3v) is 2.57. The van der Waals surface area contributed by atoms with Gasteiger partial charge in [-0.2, -0.15) is 0 Å². The Bertz CT molecular complexity index is 296. The number of hydrogen-bond donors (Lipinski definition) is 1. The minimum absolute atomic E-state index is 0.0884. The average molecular weight is 209 g/mol. The monoisotopic (exact) mass is 209 g/mol. The van der Waals surface area contributed by atoms with Crippen molar-refractivity contribution in [1.29, 1.82) is 0 Å². The molecule has 15 heavy (non-hydrogen) atoms. The predicted molar refractivity (Wildman–Crippen MR) is 62.6 cm³/mol. The van der Waals surface area contributed by atoms with Crippen molar-refractivity contribution in [1.82, 2.24) is 5.32 Å². The van der Waals surface area contributed by atoms with Crippen molar-refractivity contribution < 1.29 is 4.39 Å². The van der Waals surface area contributed by atoms with Crippen LogP contribution in [0.3, 0.4) is 0 Å². The van der Waals surface area contributed by atoms with Gasteiger partial charge >= 0.3 is 0 Å². The summed E-state index contributed by atoms with van der Waals surface area (Å²) in [6.07, 6.45) is 0.971. The van der Waals surface area contributed by atoms with Crippen LogP contribution in [0.2, 0.25) is 0 Å². The summed E-state index contributed by atoms with van der Waals surface area (Å²) in [6.45, 7) is 7.25. The van der Waals surface area contributed by atoms with Gasteiger partial charge in [0.2, 0.25) is 0 Å². The Morgan fingerprint density at radius 2 is 1.87 bits per heavy atom. The third kappa shape index (κ3) is 4.00. The zero-order valence-corrected chi connectivity index (χ0v) is 9.76. The molecule has 0 aromatic heterocycles. The van der Waals surface area contributed by atoms with E-state index in [0.717, 1.165) is 18.5 Å². The van der Waals surface area contributed by atoms with E-state index in [9.17, 15) is 4.39 Å². The number of hydrogen-bond acceptors (Lipinski definition) is 1. The predicted octanol–water partition coefficient (Wildman–Crippen LogP) is 3.32. The van der Waals surface area contributed by atoms with Crippen LogP contribution in [0.5, 0.6) is 0 Å². The molecule has 0 radical (unpaired) electrons. The Labute approximate surface area is 91.7 Å². The van der Waals surface area contributed by atoms with Crippen LogP contribution >= 0.6 is 0 Å². The molecule has 0 bridgehead atoms. The van der Waals surface area contributed by atoms with E-state index in [-0.39, 0.29) is 11.7 Å². The van der Waals surface area contributed by atoms with Gasteiger partial charge in [0.05, 0.1) is 0 Å². The van der Waals surface area contributed by atoms with Gasteiger partial charge < -0.3 is 5.32 Å². The SMILES string of the molecule is CC(C)NCCC(C)c1ccccc1F. The standard InChI is InChI=1S/C13H20FN/c1-10(2)15-9-8-11(3)12-6-4-5-7-13(12)14/h4-7,10-11,15H,8-9H2,1-3H3. The molecule has 0 aliphatic heterocycles. The van der Waals surface area contributed by atoms with Gasteiger partial charge in [-0.1, -0.05) is 39.0 Å². The van der Waals surface area contributed by atoms with Crippen LogP contribution in [0.1, 0.15) is 38.7 Å². The maximum atomic E-state index is 13.4. The van der Waals surface area contributed by atoms with E-state index >= 15 is 0 Å². The number of halogens is 1. The summed E-state index contributed by atoms with van der Waals surface area (Å²) in [4.78, 5) is 0. The van der Waals surface area contributed by atoms with Gasteiger partial charge in [-0.3, -0.25) is 0 Å². The van der Waals surface area contributed by atoms with Crippen LogP contribution in [-0.4, -0.2) is 12.6 Å². The minimum atomic E-state index is -0.0884. The fraction of sp³-hybridized carbons (Fsp3) is 0.538. The first-order valence-corrected chi connectivity index (χ1v) is 5.59. The lowest BCUT2D eigenvalue weighted by atomic mass is 9.97. The molecule has 1 aromatic carbocycles.